The quantitative estimate of drug-likeness (QED) is 0.356. The molecule has 0 spiro atoms. The SMILES string of the molecule is [B]C([B])(C)CC#CC#N. The average Bonchev–Trinajstić information content (AvgIpc) is 1.63. The molecular weight excluding hydrogens is 108 g/mol. The Bertz CT molecular complexity index is 174. The van der Waals surface area contributed by atoms with Gasteiger partial charge >= 0.3 is 0 Å². The molecule has 0 aromatic carbocycles. The summed E-state index contributed by atoms with van der Waals surface area (Å²) < 4.78 is 0. The van der Waals surface area contributed by atoms with E-state index < -0.39 is 5.21 Å². The van der Waals surface area contributed by atoms with E-state index >= 15 is 0 Å². The molecule has 0 fully saturated rings. The fraction of sp³-hybridized carbons (Fsp3) is 0.500. The average molecular weight is 113 g/mol. The molecule has 0 aromatic heterocycles. The lowest BCUT2D eigenvalue weighted by molar-refractivity contribution is 0.882. The second kappa shape index (κ2) is 3.25. The van der Waals surface area contributed by atoms with E-state index in [2.05, 4.69) is 11.8 Å². The largest absolute Gasteiger partial charge is 0.183 e. The van der Waals surface area contributed by atoms with Gasteiger partial charge in [-0.15, -0.1) is 0 Å². The minimum atomic E-state index is -0.774. The monoisotopic (exact) mass is 113 g/mol. The molecule has 0 saturated heterocycles. The summed E-state index contributed by atoms with van der Waals surface area (Å²) in [5.41, 5.74) is 0. The van der Waals surface area contributed by atoms with E-state index in [1.165, 1.54) is 0 Å². The zero-order chi connectivity index (χ0) is 7.33. The van der Waals surface area contributed by atoms with Gasteiger partial charge in [-0.05, 0) is 0 Å². The fourth-order valence-electron chi connectivity index (χ4n) is 0.274. The predicted octanol–water partition coefficient (Wildman–Crippen LogP) is 0.377. The van der Waals surface area contributed by atoms with Gasteiger partial charge in [0.15, 0.2) is 6.07 Å². The normalized spacial score (nSPS) is 8.89. The molecule has 0 aliphatic rings. The van der Waals surface area contributed by atoms with E-state index in [4.69, 9.17) is 21.0 Å². The Labute approximate surface area is 58.3 Å². The first kappa shape index (κ1) is 8.18. The van der Waals surface area contributed by atoms with E-state index in [1.54, 1.807) is 13.0 Å². The number of rotatable bonds is 1. The van der Waals surface area contributed by atoms with Crippen LogP contribution >= 0.6 is 0 Å². The summed E-state index contributed by atoms with van der Waals surface area (Å²) in [6, 6.07) is 1.67. The van der Waals surface area contributed by atoms with Crippen LogP contribution in [0, 0.1) is 23.2 Å². The molecule has 0 aliphatic heterocycles. The van der Waals surface area contributed by atoms with Crippen molar-refractivity contribution in [3.05, 3.63) is 0 Å². The van der Waals surface area contributed by atoms with Crippen molar-refractivity contribution >= 4 is 15.7 Å². The van der Waals surface area contributed by atoms with E-state index in [9.17, 15) is 0 Å². The Morgan fingerprint density at radius 1 is 1.56 bits per heavy atom. The van der Waals surface area contributed by atoms with Gasteiger partial charge in [0.25, 0.3) is 0 Å². The second-order valence-electron chi connectivity index (χ2n) is 2.10. The number of nitriles is 1. The van der Waals surface area contributed by atoms with Crippen molar-refractivity contribution in [3.63, 3.8) is 0 Å². The summed E-state index contributed by atoms with van der Waals surface area (Å²) in [6.07, 6.45) is 0.348. The highest BCUT2D eigenvalue weighted by atomic mass is 14.2. The van der Waals surface area contributed by atoms with Gasteiger partial charge in [0, 0.05) is 12.3 Å². The fourth-order valence-corrected chi connectivity index (χ4v) is 0.274. The van der Waals surface area contributed by atoms with Gasteiger partial charge in [-0.1, -0.05) is 18.1 Å². The van der Waals surface area contributed by atoms with Gasteiger partial charge in [0.2, 0.25) is 0 Å². The molecule has 0 aliphatic carbocycles. The third-order valence-corrected chi connectivity index (χ3v) is 0.614. The van der Waals surface area contributed by atoms with Gasteiger partial charge in [-0.25, -0.2) is 0 Å². The van der Waals surface area contributed by atoms with Crippen molar-refractivity contribution in [2.24, 2.45) is 0 Å². The van der Waals surface area contributed by atoms with Crippen molar-refractivity contribution in [2.45, 2.75) is 18.6 Å². The molecule has 0 N–H and O–H groups in total. The van der Waals surface area contributed by atoms with E-state index in [-0.39, 0.29) is 0 Å². The summed E-state index contributed by atoms with van der Waals surface area (Å²) in [4.78, 5) is 0. The van der Waals surface area contributed by atoms with Crippen molar-refractivity contribution in [2.75, 3.05) is 0 Å². The standard InChI is InChI=1S/C6H5B2N/c1-6(7,8)4-2-3-5-9/h4H2,1H3. The van der Waals surface area contributed by atoms with Crippen molar-refractivity contribution in [1.29, 1.82) is 5.26 Å². The van der Waals surface area contributed by atoms with E-state index in [0.717, 1.165) is 0 Å². The minimum absolute atomic E-state index is 0.348. The molecule has 40 valence electrons. The zero-order valence-electron chi connectivity index (χ0n) is 5.31. The van der Waals surface area contributed by atoms with Gasteiger partial charge in [0.1, 0.15) is 0 Å². The Balaban J connectivity index is 3.67. The smallest absolute Gasteiger partial charge is 0.152 e. The molecular formula is C6H5B2N. The molecule has 4 radical (unpaired) electrons. The highest BCUT2D eigenvalue weighted by Crippen LogP contribution is 2.16. The summed E-state index contributed by atoms with van der Waals surface area (Å²) in [5.74, 6) is 4.71. The zero-order valence-corrected chi connectivity index (χ0v) is 5.31. The predicted molar refractivity (Wildman–Crippen MR) is 37.9 cm³/mol. The topological polar surface area (TPSA) is 23.8 Å². The van der Waals surface area contributed by atoms with E-state index in [0.29, 0.717) is 6.42 Å². The Hall–Kier alpha value is -0.820. The van der Waals surface area contributed by atoms with Crippen LogP contribution in [-0.2, 0) is 0 Å². The van der Waals surface area contributed by atoms with Gasteiger partial charge in [-0.2, -0.15) is 5.26 Å². The van der Waals surface area contributed by atoms with Crippen LogP contribution in [0.3, 0.4) is 0 Å². The van der Waals surface area contributed by atoms with Crippen molar-refractivity contribution in [3.8, 4) is 17.9 Å². The molecule has 0 unspecified atom stereocenters. The van der Waals surface area contributed by atoms with Crippen LogP contribution in [0.25, 0.3) is 0 Å². The molecule has 9 heavy (non-hydrogen) atoms. The highest BCUT2D eigenvalue weighted by Gasteiger charge is 2.05. The first-order valence-electron chi connectivity index (χ1n) is 2.51. The second-order valence-corrected chi connectivity index (χ2v) is 2.10. The maximum absolute atomic E-state index is 7.96. The lowest BCUT2D eigenvalue weighted by Gasteiger charge is -2.12. The molecule has 3 heteroatoms. The van der Waals surface area contributed by atoms with Crippen LogP contribution in [0.2, 0.25) is 5.21 Å². The van der Waals surface area contributed by atoms with Crippen LogP contribution in [0.1, 0.15) is 13.3 Å². The number of hydrogen-bond acceptors (Lipinski definition) is 1. The lowest BCUT2D eigenvalue weighted by Crippen LogP contribution is -2.05. The molecule has 0 saturated carbocycles. The Morgan fingerprint density at radius 2 is 2.11 bits per heavy atom. The molecule has 0 atom stereocenters. The van der Waals surface area contributed by atoms with Crippen molar-refractivity contribution in [1.82, 2.24) is 0 Å². The lowest BCUT2D eigenvalue weighted by atomic mass is 9.54. The summed E-state index contributed by atoms with van der Waals surface area (Å²) in [7, 11) is 10.7. The van der Waals surface area contributed by atoms with Gasteiger partial charge < -0.3 is 0 Å². The van der Waals surface area contributed by atoms with Crippen LogP contribution in [0.15, 0.2) is 0 Å². The molecule has 0 amide bonds. The molecule has 0 aromatic rings. The third-order valence-electron chi connectivity index (χ3n) is 0.614. The molecule has 0 rings (SSSR count). The number of hydrogen-bond donors (Lipinski definition) is 0. The summed E-state index contributed by atoms with van der Waals surface area (Å²) >= 11 is 0. The van der Waals surface area contributed by atoms with Crippen LogP contribution in [0.4, 0.5) is 0 Å². The van der Waals surface area contributed by atoms with Gasteiger partial charge in [0.05, 0.1) is 15.7 Å². The Morgan fingerprint density at radius 3 is 2.44 bits per heavy atom. The number of nitrogens with zero attached hydrogens (tertiary/aromatic N) is 1. The summed E-state index contributed by atoms with van der Waals surface area (Å²) in [6.45, 7) is 1.65. The maximum Gasteiger partial charge on any atom is 0.152 e. The van der Waals surface area contributed by atoms with Crippen LogP contribution in [-0.4, -0.2) is 15.7 Å². The molecule has 0 heterocycles. The summed E-state index contributed by atoms with van der Waals surface area (Å²) in [5, 5.41) is 7.18. The van der Waals surface area contributed by atoms with Crippen LogP contribution < -0.4 is 0 Å². The minimum Gasteiger partial charge on any atom is -0.183 e. The molecule has 0 bridgehead atoms. The highest BCUT2D eigenvalue weighted by molar-refractivity contribution is 6.39. The van der Waals surface area contributed by atoms with Crippen LogP contribution in [0.5, 0.6) is 0 Å². The first-order chi connectivity index (χ1) is 4.06. The molecule has 1 nitrogen and oxygen atoms in total. The third kappa shape index (κ3) is 7.18. The first-order valence-corrected chi connectivity index (χ1v) is 2.51. The Kier molecular flexibility index (Phi) is 2.96. The van der Waals surface area contributed by atoms with Gasteiger partial charge in [-0.3, -0.25) is 0 Å². The van der Waals surface area contributed by atoms with E-state index in [1.807, 2.05) is 0 Å². The maximum atomic E-state index is 7.96. The van der Waals surface area contributed by atoms with Crippen molar-refractivity contribution < 1.29 is 0 Å².